The molecule has 10 nitrogen and oxygen atoms in total. The zero-order valence-electron chi connectivity index (χ0n) is 12.0. The van der Waals surface area contributed by atoms with Gasteiger partial charge in [0.15, 0.2) is 0 Å². The third-order valence-electron chi connectivity index (χ3n) is 1.54. The first-order chi connectivity index (χ1) is 9.91. The molecule has 0 saturated carbocycles. The zero-order chi connectivity index (χ0) is 17.8. The molecule has 0 aromatic carbocycles. The van der Waals surface area contributed by atoms with E-state index in [2.05, 4.69) is 22.6 Å². The van der Waals surface area contributed by atoms with Crippen molar-refractivity contribution in [3.05, 3.63) is 25.7 Å². The molecule has 0 spiro atoms. The van der Waals surface area contributed by atoms with Crippen LogP contribution in [0.4, 0.5) is 0 Å². The van der Waals surface area contributed by atoms with Gasteiger partial charge >= 0.3 is 49.7 Å². The minimum Gasteiger partial charge on any atom is -0.748 e. The summed E-state index contributed by atoms with van der Waals surface area (Å²) < 4.78 is 68.0. The van der Waals surface area contributed by atoms with Gasteiger partial charge in [-0.25, -0.2) is 16.8 Å². The average Bonchev–Trinajstić information content (AvgIpc) is 2.34. The van der Waals surface area contributed by atoms with Gasteiger partial charge in [-0.1, -0.05) is 13.2 Å². The summed E-state index contributed by atoms with van der Waals surface area (Å²) in [5, 5.41) is 0. The molecule has 0 radical (unpaired) electrons. The van der Waals surface area contributed by atoms with Gasteiger partial charge in [0.25, 0.3) is 0 Å². The summed E-state index contributed by atoms with van der Waals surface area (Å²) in [6.07, 6.45) is 0.884. The molecule has 0 unspecified atom stereocenters. The van der Waals surface area contributed by atoms with Gasteiger partial charge in [0.05, 0.1) is 45.6 Å². The van der Waals surface area contributed by atoms with Crippen LogP contribution in [-0.2, 0) is 39.3 Å². The predicted molar refractivity (Wildman–Crippen MR) is 76.7 cm³/mol. The minimum absolute atomic E-state index is 0. The Balaban J connectivity index is -0.000000333. The van der Waals surface area contributed by atoms with E-state index >= 15 is 0 Å². The number of carbonyl (C=O) groups excluding carboxylic acids is 2. The molecule has 0 aromatic heterocycles. The van der Waals surface area contributed by atoms with Crippen molar-refractivity contribution in [1.82, 2.24) is 0 Å². The van der Waals surface area contributed by atoms with Gasteiger partial charge in [0.2, 0.25) is 0 Å². The standard InChI is InChI=1S/2C5H8O5S.Ca/c2*1-2-10-5(6)3-4-11(7,8)9;/h2*2H,1,3-4H2,(H,7,8,9);/q;;+2/p-2. The van der Waals surface area contributed by atoms with Gasteiger partial charge in [-0.15, -0.1) is 0 Å². The Labute approximate surface area is 164 Å². The number of hydrogen-bond acceptors (Lipinski definition) is 10. The summed E-state index contributed by atoms with van der Waals surface area (Å²) in [7, 11) is -8.65. The topological polar surface area (TPSA) is 167 Å². The molecule has 128 valence electrons. The SMILES string of the molecule is C=COC(=O)CCS(=O)(=O)[O-].C=COC(=O)CCS(=O)(=O)[O-].[Ca+2]. The Hall–Kier alpha value is -0.500. The second-order valence-electron chi connectivity index (χ2n) is 3.34. The molecule has 0 amide bonds. The van der Waals surface area contributed by atoms with E-state index in [0.29, 0.717) is 0 Å². The van der Waals surface area contributed by atoms with Crippen molar-refractivity contribution in [1.29, 1.82) is 0 Å². The Morgan fingerprint density at radius 3 is 1.26 bits per heavy atom. The molecule has 0 fully saturated rings. The van der Waals surface area contributed by atoms with Crippen molar-refractivity contribution in [2.75, 3.05) is 11.5 Å². The second kappa shape index (κ2) is 13.9. The summed E-state index contributed by atoms with van der Waals surface area (Å²) >= 11 is 0. The van der Waals surface area contributed by atoms with Gasteiger partial charge in [0, 0.05) is 11.5 Å². The van der Waals surface area contributed by atoms with Crippen molar-refractivity contribution >= 4 is 69.9 Å². The van der Waals surface area contributed by atoms with Gasteiger partial charge < -0.3 is 18.6 Å². The van der Waals surface area contributed by atoms with Crippen LogP contribution in [0.2, 0.25) is 0 Å². The van der Waals surface area contributed by atoms with Crippen molar-refractivity contribution in [2.45, 2.75) is 12.8 Å². The Morgan fingerprint density at radius 1 is 0.826 bits per heavy atom. The van der Waals surface area contributed by atoms with Gasteiger partial charge in [-0.3, -0.25) is 9.59 Å². The van der Waals surface area contributed by atoms with Crippen LogP contribution in [0.3, 0.4) is 0 Å². The summed E-state index contributed by atoms with van der Waals surface area (Å²) in [6.45, 7) is 6.15. The molecule has 0 aliphatic heterocycles. The van der Waals surface area contributed by atoms with E-state index in [1.807, 2.05) is 0 Å². The molecule has 0 aromatic rings. The first-order valence-electron chi connectivity index (χ1n) is 5.39. The van der Waals surface area contributed by atoms with Crippen LogP contribution in [0.5, 0.6) is 0 Å². The van der Waals surface area contributed by atoms with E-state index in [9.17, 15) is 35.5 Å². The van der Waals surface area contributed by atoms with Crippen LogP contribution < -0.4 is 0 Å². The fourth-order valence-electron chi connectivity index (χ4n) is 0.720. The number of hydrogen-bond donors (Lipinski definition) is 0. The summed E-state index contributed by atoms with van der Waals surface area (Å²) in [6, 6.07) is 0. The second-order valence-corrected chi connectivity index (χ2v) is 6.38. The van der Waals surface area contributed by atoms with Gasteiger partial charge in [-0.2, -0.15) is 0 Å². The third-order valence-corrected chi connectivity index (χ3v) is 2.95. The fraction of sp³-hybridized carbons (Fsp3) is 0.400. The van der Waals surface area contributed by atoms with E-state index in [-0.39, 0.29) is 37.7 Å². The van der Waals surface area contributed by atoms with Crippen LogP contribution in [0, 0.1) is 0 Å². The van der Waals surface area contributed by atoms with Crippen LogP contribution in [0.1, 0.15) is 12.8 Å². The Morgan fingerprint density at radius 2 is 1.09 bits per heavy atom. The van der Waals surface area contributed by atoms with E-state index < -0.39 is 56.5 Å². The summed E-state index contributed by atoms with van der Waals surface area (Å²) in [5.74, 6) is -3.03. The van der Waals surface area contributed by atoms with Crippen molar-refractivity contribution in [3.8, 4) is 0 Å². The molecule has 0 rings (SSSR count). The Kier molecular flexibility index (Phi) is 16.5. The Bertz CT molecular complexity index is 539. The first kappa shape index (κ1) is 27.4. The molecule has 0 N–H and O–H groups in total. The van der Waals surface area contributed by atoms with Gasteiger partial charge in [0.1, 0.15) is 0 Å². The molecular formula is C10H14CaO10S2. The molecule has 0 aliphatic rings. The van der Waals surface area contributed by atoms with Crippen molar-refractivity contribution in [2.24, 2.45) is 0 Å². The molecule has 0 atom stereocenters. The molecule has 0 saturated heterocycles. The maximum absolute atomic E-state index is 10.4. The molecule has 0 heterocycles. The smallest absolute Gasteiger partial charge is 0.748 e. The zero-order valence-corrected chi connectivity index (χ0v) is 15.8. The van der Waals surface area contributed by atoms with E-state index in [0.717, 1.165) is 12.5 Å². The molecule has 0 aliphatic carbocycles. The largest absolute Gasteiger partial charge is 2.00 e. The number of ether oxygens (including phenoxy) is 2. The van der Waals surface area contributed by atoms with Crippen molar-refractivity contribution < 1.29 is 45.0 Å². The molecule has 23 heavy (non-hydrogen) atoms. The summed E-state index contributed by atoms with van der Waals surface area (Å²) in [4.78, 5) is 20.8. The number of rotatable bonds is 8. The van der Waals surface area contributed by atoms with E-state index in [1.54, 1.807) is 0 Å². The minimum atomic E-state index is -4.32. The summed E-state index contributed by atoms with van der Waals surface area (Å²) in [5.41, 5.74) is 0. The monoisotopic (exact) mass is 398 g/mol. The van der Waals surface area contributed by atoms with Crippen LogP contribution >= 0.6 is 0 Å². The number of carbonyl (C=O) groups is 2. The van der Waals surface area contributed by atoms with Crippen LogP contribution in [0.15, 0.2) is 25.7 Å². The third kappa shape index (κ3) is 26.7. The first-order valence-corrected chi connectivity index (χ1v) is 8.54. The number of esters is 2. The normalized spacial score (nSPS) is 10.2. The predicted octanol–water partition coefficient (Wildman–Crippen LogP) is -1.16. The maximum atomic E-state index is 10.4. The maximum Gasteiger partial charge on any atom is 2.00 e. The van der Waals surface area contributed by atoms with Crippen LogP contribution in [-0.4, -0.2) is 87.1 Å². The van der Waals surface area contributed by atoms with E-state index in [1.165, 1.54) is 0 Å². The average molecular weight is 398 g/mol. The van der Waals surface area contributed by atoms with Crippen molar-refractivity contribution in [3.63, 3.8) is 0 Å². The molecule has 13 heteroatoms. The van der Waals surface area contributed by atoms with E-state index in [4.69, 9.17) is 0 Å². The van der Waals surface area contributed by atoms with Crippen LogP contribution in [0.25, 0.3) is 0 Å². The fourth-order valence-corrected chi connectivity index (χ4v) is 1.55. The quantitative estimate of drug-likeness (QED) is 0.210. The molecular weight excluding hydrogens is 384 g/mol. The van der Waals surface area contributed by atoms with Gasteiger partial charge in [-0.05, 0) is 0 Å². The molecule has 0 bridgehead atoms.